The van der Waals surface area contributed by atoms with E-state index >= 15 is 0 Å². The molecule has 238 valence electrons. The van der Waals surface area contributed by atoms with Crippen molar-refractivity contribution in [2.24, 2.45) is 4.99 Å². The number of pyridine rings is 1. The molecule has 0 spiro atoms. The van der Waals surface area contributed by atoms with Gasteiger partial charge in [0.25, 0.3) is 0 Å². The Bertz CT molecular complexity index is 2400. The SMILES string of the molecule is C1=CC2=CCCC(c3ccc(-c4nc(-c5ccc(-c6ccccc6)cc5)nc(-c5ccc(-c6cccc7cccnc67)cc5)n4)cc3)C2N=C1. The van der Waals surface area contributed by atoms with E-state index in [0.717, 1.165) is 57.1 Å². The molecule has 0 N–H and O–H groups in total. The van der Waals surface area contributed by atoms with Crippen molar-refractivity contribution in [3.63, 3.8) is 0 Å². The summed E-state index contributed by atoms with van der Waals surface area (Å²) in [6, 6.07) is 46.6. The third kappa shape index (κ3) is 5.73. The van der Waals surface area contributed by atoms with E-state index in [1.54, 1.807) is 0 Å². The van der Waals surface area contributed by atoms with E-state index in [-0.39, 0.29) is 6.04 Å². The molecule has 0 saturated heterocycles. The number of rotatable bonds is 6. The predicted octanol–water partition coefficient (Wildman–Crippen LogP) is 10.6. The summed E-state index contributed by atoms with van der Waals surface area (Å²) < 4.78 is 0. The van der Waals surface area contributed by atoms with E-state index in [4.69, 9.17) is 19.9 Å². The van der Waals surface area contributed by atoms with Crippen LogP contribution in [0.5, 0.6) is 0 Å². The van der Waals surface area contributed by atoms with Gasteiger partial charge >= 0.3 is 0 Å². The van der Waals surface area contributed by atoms with Crippen LogP contribution in [0.3, 0.4) is 0 Å². The van der Waals surface area contributed by atoms with E-state index in [0.29, 0.717) is 23.4 Å². The molecule has 2 unspecified atom stereocenters. The summed E-state index contributed by atoms with van der Waals surface area (Å²) in [6.45, 7) is 0. The van der Waals surface area contributed by atoms with Gasteiger partial charge in [0.1, 0.15) is 0 Å². The second-order valence-corrected chi connectivity index (χ2v) is 12.8. The molecule has 2 aliphatic rings. The lowest BCUT2D eigenvalue weighted by molar-refractivity contribution is 0.534. The van der Waals surface area contributed by atoms with Crippen molar-refractivity contribution in [1.82, 2.24) is 19.9 Å². The molecule has 0 bridgehead atoms. The molecular formula is C45H33N5. The van der Waals surface area contributed by atoms with Crippen molar-refractivity contribution < 1.29 is 0 Å². The number of hydrogen-bond donors (Lipinski definition) is 0. The highest BCUT2D eigenvalue weighted by Crippen LogP contribution is 2.38. The van der Waals surface area contributed by atoms with Crippen LogP contribution >= 0.6 is 0 Å². The predicted molar refractivity (Wildman–Crippen MR) is 204 cm³/mol. The van der Waals surface area contributed by atoms with Crippen LogP contribution in [-0.2, 0) is 0 Å². The minimum absolute atomic E-state index is 0.182. The number of benzene rings is 5. The number of fused-ring (bicyclic) bond motifs is 2. The van der Waals surface area contributed by atoms with Gasteiger partial charge in [-0.2, -0.15) is 0 Å². The molecule has 3 heterocycles. The fourth-order valence-corrected chi connectivity index (χ4v) is 7.16. The average Bonchev–Trinajstić information content (AvgIpc) is 3.21. The zero-order valence-corrected chi connectivity index (χ0v) is 27.4. The Morgan fingerprint density at radius 1 is 0.520 bits per heavy atom. The number of aliphatic imine (C=N–C) groups is 1. The summed E-state index contributed by atoms with van der Waals surface area (Å²) in [6.07, 6.45) is 12.5. The molecule has 1 aliphatic carbocycles. The van der Waals surface area contributed by atoms with Crippen molar-refractivity contribution >= 4 is 17.1 Å². The first-order chi connectivity index (χ1) is 24.8. The Balaban J connectivity index is 1.09. The quantitative estimate of drug-likeness (QED) is 0.181. The van der Waals surface area contributed by atoms with Gasteiger partial charge in [-0.25, -0.2) is 15.0 Å². The summed E-state index contributed by atoms with van der Waals surface area (Å²) >= 11 is 0. The number of dihydropyridines is 1. The standard InChI is InChI=1S/C45H33N5/c1-2-8-30(9-3-1)31-16-22-36(23-17-31)43-48-44(37-24-18-32(19-25-37)39-14-4-10-34-12-6-28-46-41(34)39)50-45(49-43)38-26-20-33(21-27-38)40-15-5-11-35-13-7-29-47-42(35)40/h1-4,6-14,16-29,40,42H,5,15H2. The Labute approximate surface area is 291 Å². The first kappa shape index (κ1) is 29.8. The maximum atomic E-state index is 5.05. The zero-order valence-electron chi connectivity index (χ0n) is 27.4. The highest BCUT2D eigenvalue weighted by Gasteiger charge is 2.28. The summed E-state index contributed by atoms with van der Waals surface area (Å²) in [5.74, 6) is 2.28. The summed E-state index contributed by atoms with van der Waals surface area (Å²) in [7, 11) is 0. The van der Waals surface area contributed by atoms with Crippen LogP contribution in [0, 0.1) is 0 Å². The van der Waals surface area contributed by atoms with Gasteiger partial charge in [-0.1, -0.05) is 140 Å². The summed E-state index contributed by atoms with van der Waals surface area (Å²) in [4.78, 5) is 24.6. The molecule has 50 heavy (non-hydrogen) atoms. The van der Waals surface area contributed by atoms with Crippen molar-refractivity contribution in [3.05, 3.63) is 169 Å². The molecule has 0 fully saturated rings. The lowest BCUT2D eigenvalue weighted by atomic mass is 9.79. The molecule has 0 saturated carbocycles. The van der Waals surface area contributed by atoms with E-state index in [9.17, 15) is 0 Å². The Morgan fingerprint density at radius 3 is 1.82 bits per heavy atom. The zero-order chi connectivity index (χ0) is 33.3. The van der Waals surface area contributed by atoms with E-state index in [1.807, 2.05) is 30.6 Å². The minimum atomic E-state index is 0.182. The Hall–Kier alpha value is -6.33. The van der Waals surface area contributed by atoms with E-state index < -0.39 is 0 Å². The van der Waals surface area contributed by atoms with E-state index in [2.05, 4.69) is 138 Å². The third-order valence-corrected chi connectivity index (χ3v) is 9.77. The van der Waals surface area contributed by atoms with Gasteiger partial charge in [-0.05, 0) is 52.8 Å². The second-order valence-electron chi connectivity index (χ2n) is 12.8. The number of nitrogens with zero attached hydrogens (tertiary/aromatic N) is 5. The van der Waals surface area contributed by atoms with Gasteiger partial charge in [0.05, 0.1) is 11.6 Å². The number of hydrogen-bond acceptors (Lipinski definition) is 5. The number of aromatic nitrogens is 4. The first-order valence-corrected chi connectivity index (χ1v) is 17.1. The van der Waals surface area contributed by atoms with Crippen molar-refractivity contribution in [2.45, 2.75) is 24.8 Å². The van der Waals surface area contributed by atoms with Gasteiger partial charge in [0.2, 0.25) is 0 Å². The molecular weight excluding hydrogens is 611 g/mol. The van der Waals surface area contributed by atoms with Crippen molar-refractivity contribution in [2.75, 3.05) is 0 Å². The molecule has 9 rings (SSSR count). The van der Waals surface area contributed by atoms with Crippen LogP contribution in [-0.4, -0.2) is 32.2 Å². The van der Waals surface area contributed by atoms with Crippen LogP contribution in [0.1, 0.15) is 24.3 Å². The first-order valence-electron chi connectivity index (χ1n) is 17.1. The van der Waals surface area contributed by atoms with Gasteiger partial charge < -0.3 is 0 Å². The van der Waals surface area contributed by atoms with E-state index in [1.165, 1.54) is 16.7 Å². The maximum Gasteiger partial charge on any atom is 0.164 e. The van der Waals surface area contributed by atoms with Crippen LogP contribution in [0.4, 0.5) is 0 Å². The van der Waals surface area contributed by atoms with Gasteiger partial charge in [0.15, 0.2) is 17.5 Å². The van der Waals surface area contributed by atoms with Gasteiger partial charge in [-0.15, -0.1) is 0 Å². The number of para-hydroxylation sites is 1. The molecule has 1 aliphatic heterocycles. The highest BCUT2D eigenvalue weighted by molar-refractivity contribution is 5.93. The normalized spacial score (nSPS) is 16.6. The number of allylic oxidation sites excluding steroid dienone is 2. The molecule has 7 aromatic rings. The molecule has 2 atom stereocenters. The molecule has 5 aromatic carbocycles. The lowest BCUT2D eigenvalue weighted by Gasteiger charge is -2.30. The second kappa shape index (κ2) is 12.9. The highest BCUT2D eigenvalue weighted by atomic mass is 15.0. The maximum absolute atomic E-state index is 5.05. The fraction of sp³-hybridized carbons (Fsp3) is 0.0889. The van der Waals surface area contributed by atoms with Crippen molar-refractivity contribution in [3.8, 4) is 56.4 Å². The Kier molecular flexibility index (Phi) is 7.71. The summed E-state index contributed by atoms with van der Waals surface area (Å²) in [5.41, 5.74) is 10.9. The molecule has 5 heteroatoms. The van der Waals surface area contributed by atoms with Gasteiger partial charge in [-0.3, -0.25) is 9.98 Å². The van der Waals surface area contributed by atoms with Crippen molar-refractivity contribution in [1.29, 1.82) is 0 Å². The van der Waals surface area contributed by atoms with Gasteiger partial charge in [0, 0.05) is 46.0 Å². The topological polar surface area (TPSA) is 63.9 Å². The van der Waals surface area contributed by atoms with Crippen LogP contribution < -0.4 is 0 Å². The fourth-order valence-electron chi connectivity index (χ4n) is 7.16. The molecule has 5 nitrogen and oxygen atoms in total. The Morgan fingerprint density at radius 2 is 1.12 bits per heavy atom. The molecule has 2 aromatic heterocycles. The monoisotopic (exact) mass is 643 g/mol. The van der Waals surface area contributed by atoms with Crippen LogP contribution in [0.25, 0.3) is 67.3 Å². The molecule has 0 radical (unpaired) electrons. The largest absolute Gasteiger partial charge is 0.284 e. The average molecular weight is 644 g/mol. The van der Waals surface area contributed by atoms with Crippen LogP contribution in [0.15, 0.2) is 168 Å². The summed E-state index contributed by atoms with van der Waals surface area (Å²) in [5, 5.41) is 1.12. The minimum Gasteiger partial charge on any atom is -0.284 e. The molecule has 0 amide bonds. The lowest BCUT2D eigenvalue weighted by Crippen LogP contribution is -2.23. The van der Waals surface area contributed by atoms with Crippen LogP contribution in [0.2, 0.25) is 0 Å². The third-order valence-electron chi connectivity index (χ3n) is 9.77. The smallest absolute Gasteiger partial charge is 0.164 e.